The number of rotatable bonds is 6. The number of anilines is 1. The van der Waals surface area contributed by atoms with Crippen molar-refractivity contribution in [2.24, 2.45) is 0 Å². The van der Waals surface area contributed by atoms with Crippen molar-refractivity contribution in [2.75, 3.05) is 51.2 Å². The van der Waals surface area contributed by atoms with Crippen LogP contribution in [-0.4, -0.2) is 67.0 Å². The number of aryl methyl sites for hydroxylation is 1. The number of hydrogen-bond acceptors (Lipinski definition) is 4. The van der Waals surface area contributed by atoms with Crippen molar-refractivity contribution in [1.29, 1.82) is 0 Å². The lowest BCUT2D eigenvalue weighted by Gasteiger charge is -2.32. The molecular formula is C17H28N4O. The molecule has 0 aromatic carbocycles. The van der Waals surface area contributed by atoms with Crippen molar-refractivity contribution >= 4 is 11.7 Å². The molecule has 2 heterocycles. The van der Waals surface area contributed by atoms with Gasteiger partial charge in [-0.3, -0.25) is 4.79 Å². The van der Waals surface area contributed by atoms with E-state index in [1.807, 2.05) is 17.2 Å². The van der Waals surface area contributed by atoms with Crippen LogP contribution in [0, 0.1) is 0 Å². The zero-order valence-corrected chi connectivity index (χ0v) is 14.1. The first-order valence-corrected chi connectivity index (χ1v) is 8.30. The van der Waals surface area contributed by atoms with Crippen LogP contribution in [-0.2, 0) is 11.2 Å². The van der Waals surface area contributed by atoms with Gasteiger partial charge in [-0.1, -0.05) is 0 Å². The number of carbonyl (C=O) groups is 1. The Bertz CT molecular complexity index is 479. The maximum absolute atomic E-state index is 12.3. The largest absolute Gasteiger partial charge is 0.357 e. The summed E-state index contributed by atoms with van der Waals surface area (Å²) >= 11 is 0. The Morgan fingerprint density at radius 3 is 2.55 bits per heavy atom. The Morgan fingerprint density at radius 1 is 1.23 bits per heavy atom. The second-order valence-corrected chi connectivity index (χ2v) is 5.88. The van der Waals surface area contributed by atoms with E-state index in [1.165, 1.54) is 5.56 Å². The van der Waals surface area contributed by atoms with Gasteiger partial charge in [0.15, 0.2) is 0 Å². The number of likely N-dealkylation sites (N-methyl/N-ethyl adjacent to an activating group) is 1. The number of aromatic nitrogens is 1. The minimum absolute atomic E-state index is 0.273. The average molecular weight is 304 g/mol. The zero-order chi connectivity index (χ0) is 15.9. The van der Waals surface area contributed by atoms with Gasteiger partial charge in [-0.05, 0) is 45.0 Å². The lowest BCUT2D eigenvalue weighted by molar-refractivity contribution is -0.132. The summed E-state index contributed by atoms with van der Waals surface area (Å²) in [6.45, 7) is 9.84. The summed E-state index contributed by atoms with van der Waals surface area (Å²) in [4.78, 5) is 23.2. The van der Waals surface area contributed by atoms with E-state index in [1.54, 1.807) is 0 Å². The molecule has 0 bridgehead atoms. The van der Waals surface area contributed by atoms with E-state index in [0.29, 0.717) is 6.42 Å². The molecule has 0 N–H and O–H groups in total. The molecule has 1 amide bonds. The number of nitrogens with zero attached hydrogens (tertiary/aromatic N) is 4. The summed E-state index contributed by atoms with van der Waals surface area (Å²) in [5.74, 6) is 1.28. The van der Waals surface area contributed by atoms with Crippen molar-refractivity contribution in [1.82, 2.24) is 14.8 Å². The van der Waals surface area contributed by atoms with Gasteiger partial charge < -0.3 is 14.7 Å². The summed E-state index contributed by atoms with van der Waals surface area (Å²) in [6.07, 6.45) is 3.23. The molecule has 1 aliphatic heterocycles. The van der Waals surface area contributed by atoms with E-state index in [4.69, 9.17) is 0 Å². The number of hydrogen-bond donors (Lipinski definition) is 0. The van der Waals surface area contributed by atoms with Crippen molar-refractivity contribution in [3.63, 3.8) is 0 Å². The highest BCUT2D eigenvalue weighted by atomic mass is 16.2. The molecular weight excluding hydrogens is 276 g/mol. The predicted molar refractivity (Wildman–Crippen MR) is 90.2 cm³/mol. The highest BCUT2D eigenvalue weighted by molar-refractivity contribution is 5.76. The number of carbonyl (C=O) groups excluding carboxylic acids is 1. The first kappa shape index (κ1) is 16.7. The van der Waals surface area contributed by atoms with E-state index >= 15 is 0 Å². The predicted octanol–water partition coefficient (Wildman–Crippen LogP) is 1.63. The molecule has 0 radical (unpaired) electrons. The number of amides is 1. The van der Waals surface area contributed by atoms with Gasteiger partial charge in [-0.15, -0.1) is 0 Å². The average Bonchev–Trinajstić information content (AvgIpc) is 2.55. The van der Waals surface area contributed by atoms with Crippen LogP contribution in [0.1, 0.15) is 25.8 Å². The molecule has 0 spiro atoms. The maximum Gasteiger partial charge on any atom is 0.222 e. The van der Waals surface area contributed by atoms with Crippen LogP contribution in [0.5, 0.6) is 0 Å². The van der Waals surface area contributed by atoms with Crippen molar-refractivity contribution in [2.45, 2.75) is 26.7 Å². The van der Waals surface area contributed by atoms with Crippen LogP contribution in [0.2, 0.25) is 0 Å². The lowest BCUT2D eigenvalue weighted by Crippen LogP contribution is -2.47. The standard InChI is InChI=1S/C17H28N4O/c1-4-20(5-2)16-14-15(8-9-18-16)6-7-17(22)21-12-10-19(3)11-13-21/h8-9,14H,4-7,10-13H2,1-3H3. The zero-order valence-electron chi connectivity index (χ0n) is 14.1. The van der Waals surface area contributed by atoms with E-state index in [0.717, 1.165) is 51.5 Å². The molecule has 1 aromatic heterocycles. The molecule has 1 aliphatic rings. The highest BCUT2D eigenvalue weighted by Gasteiger charge is 2.18. The fraction of sp³-hybridized carbons (Fsp3) is 0.647. The Kier molecular flexibility index (Phi) is 6.19. The molecule has 1 fully saturated rings. The summed E-state index contributed by atoms with van der Waals surface area (Å²) in [5, 5.41) is 0. The molecule has 0 unspecified atom stereocenters. The Hall–Kier alpha value is -1.62. The normalized spacial score (nSPS) is 15.9. The first-order valence-electron chi connectivity index (χ1n) is 8.30. The molecule has 22 heavy (non-hydrogen) atoms. The Morgan fingerprint density at radius 2 is 1.91 bits per heavy atom. The van der Waals surface area contributed by atoms with Crippen molar-refractivity contribution < 1.29 is 4.79 Å². The third-order valence-electron chi connectivity index (χ3n) is 4.38. The fourth-order valence-corrected chi connectivity index (χ4v) is 2.80. The van der Waals surface area contributed by atoms with Crippen LogP contribution in [0.25, 0.3) is 0 Å². The quantitative estimate of drug-likeness (QED) is 0.801. The highest BCUT2D eigenvalue weighted by Crippen LogP contribution is 2.14. The number of pyridine rings is 1. The van der Waals surface area contributed by atoms with Crippen LogP contribution < -0.4 is 4.90 Å². The van der Waals surface area contributed by atoms with Gasteiger partial charge in [0.2, 0.25) is 5.91 Å². The summed E-state index contributed by atoms with van der Waals surface area (Å²) in [5.41, 5.74) is 1.19. The van der Waals surface area contributed by atoms with Gasteiger partial charge in [0.05, 0.1) is 0 Å². The van der Waals surface area contributed by atoms with E-state index in [2.05, 4.69) is 41.7 Å². The lowest BCUT2D eigenvalue weighted by atomic mass is 10.1. The first-order chi connectivity index (χ1) is 10.6. The molecule has 122 valence electrons. The van der Waals surface area contributed by atoms with Crippen LogP contribution in [0.3, 0.4) is 0 Å². The Labute approximate surface area is 133 Å². The fourth-order valence-electron chi connectivity index (χ4n) is 2.80. The summed E-state index contributed by atoms with van der Waals surface area (Å²) in [6, 6.07) is 4.13. The van der Waals surface area contributed by atoms with Gasteiger partial charge in [-0.2, -0.15) is 0 Å². The summed E-state index contributed by atoms with van der Waals surface area (Å²) < 4.78 is 0. The molecule has 5 nitrogen and oxygen atoms in total. The molecule has 2 rings (SSSR count). The van der Waals surface area contributed by atoms with Crippen LogP contribution >= 0.6 is 0 Å². The summed E-state index contributed by atoms with van der Waals surface area (Å²) in [7, 11) is 2.10. The smallest absolute Gasteiger partial charge is 0.222 e. The molecule has 0 saturated carbocycles. The van der Waals surface area contributed by atoms with Crippen LogP contribution in [0.15, 0.2) is 18.3 Å². The van der Waals surface area contributed by atoms with Crippen molar-refractivity contribution in [3.8, 4) is 0 Å². The Balaban J connectivity index is 1.88. The molecule has 1 saturated heterocycles. The van der Waals surface area contributed by atoms with Crippen molar-refractivity contribution in [3.05, 3.63) is 23.9 Å². The van der Waals surface area contributed by atoms with Gasteiger partial charge in [0.25, 0.3) is 0 Å². The van der Waals surface area contributed by atoms with E-state index < -0.39 is 0 Å². The van der Waals surface area contributed by atoms with Gasteiger partial charge >= 0.3 is 0 Å². The molecule has 1 aromatic rings. The molecule has 0 atom stereocenters. The van der Waals surface area contributed by atoms with Gasteiger partial charge in [-0.25, -0.2) is 4.98 Å². The molecule has 5 heteroatoms. The van der Waals surface area contributed by atoms with Gasteiger partial charge in [0, 0.05) is 51.9 Å². The topological polar surface area (TPSA) is 39.7 Å². The minimum atomic E-state index is 0.273. The third kappa shape index (κ3) is 4.44. The second kappa shape index (κ2) is 8.13. The molecule has 0 aliphatic carbocycles. The SMILES string of the molecule is CCN(CC)c1cc(CCC(=O)N2CCN(C)CC2)ccn1. The van der Waals surface area contributed by atoms with E-state index in [-0.39, 0.29) is 5.91 Å². The van der Waals surface area contributed by atoms with E-state index in [9.17, 15) is 4.79 Å². The van der Waals surface area contributed by atoms with Crippen LogP contribution in [0.4, 0.5) is 5.82 Å². The minimum Gasteiger partial charge on any atom is -0.357 e. The number of piperazine rings is 1. The third-order valence-corrected chi connectivity index (χ3v) is 4.38. The monoisotopic (exact) mass is 304 g/mol. The van der Waals surface area contributed by atoms with Gasteiger partial charge in [0.1, 0.15) is 5.82 Å². The maximum atomic E-state index is 12.3. The second-order valence-electron chi connectivity index (χ2n) is 5.88.